The number of carbonyl (C=O) groups is 1. The van der Waals surface area contributed by atoms with Gasteiger partial charge in [-0.05, 0) is 66.8 Å². The zero-order valence-corrected chi connectivity index (χ0v) is 18.6. The number of rotatable bonds is 4. The molecule has 2 fully saturated rings. The fraction of sp³-hybridized carbons (Fsp3) is 0.500. The minimum absolute atomic E-state index is 0.0231. The Bertz CT molecular complexity index is 944. The van der Waals surface area contributed by atoms with E-state index in [-0.39, 0.29) is 16.8 Å². The molecule has 0 N–H and O–H groups in total. The summed E-state index contributed by atoms with van der Waals surface area (Å²) in [5, 5.41) is 2.04. The Morgan fingerprint density at radius 3 is 2.38 bits per heavy atom. The summed E-state index contributed by atoms with van der Waals surface area (Å²) in [4.78, 5) is 16.5. The number of sulfonamides is 1. The molecule has 0 saturated carbocycles. The molecule has 2 aliphatic heterocycles. The molecule has 3 atom stereocenters. The number of benzene rings is 1. The molecule has 2 saturated heterocycles. The van der Waals surface area contributed by atoms with E-state index in [9.17, 15) is 13.2 Å². The normalized spacial score (nSPS) is 26.0. The third-order valence-electron chi connectivity index (χ3n) is 5.96. The minimum Gasteiger partial charge on any atom is -0.331 e. The van der Waals surface area contributed by atoms with Gasteiger partial charge in [0.15, 0.2) is 0 Å². The first kappa shape index (κ1) is 20.6. The van der Waals surface area contributed by atoms with E-state index in [1.54, 1.807) is 39.9 Å². The summed E-state index contributed by atoms with van der Waals surface area (Å²) in [5.74, 6) is 0.697. The summed E-state index contributed by atoms with van der Waals surface area (Å²) in [6, 6.07) is 10.7. The average Bonchev–Trinajstić information content (AvgIpc) is 3.38. The van der Waals surface area contributed by atoms with E-state index < -0.39 is 10.0 Å². The van der Waals surface area contributed by atoms with E-state index in [1.165, 1.54) is 4.88 Å². The zero-order chi connectivity index (χ0) is 20.6. The Kier molecular flexibility index (Phi) is 5.82. The number of thiophene rings is 1. The minimum atomic E-state index is -3.53. The highest BCUT2D eigenvalue weighted by Gasteiger charge is 2.33. The van der Waals surface area contributed by atoms with Crippen LogP contribution in [0.4, 0.5) is 0 Å². The highest BCUT2D eigenvalue weighted by molar-refractivity contribution is 7.89. The lowest BCUT2D eigenvalue weighted by Crippen LogP contribution is -2.42. The van der Waals surface area contributed by atoms with Gasteiger partial charge in [0.2, 0.25) is 10.0 Å². The summed E-state index contributed by atoms with van der Waals surface area (Å²) in [6.07, 6.45) is 3.02. The lowest BCUT2D eigenvalue weighted by Gasteiger charge is -2.34. The van der Waals surface area contributed by atoms with E-state index >= 15 is 0 Å². The Balaban J connectivity index is 1.52. The summed E-state index contributed by atoms with van der Waals surface area (Å²) >= 11 is 1.68. The highest BCUT2D eigenvalue weighted by Crippen LogP contribution is 2.35. The predicted molar refractivity (Wildman–Crippen MR) is 115 cm³/mol. The molecule has 156 valence electrons. The molecule has 29 heavy (non-hydrogen) atoms. The van der Waals surface area contributed by atoms with Gasteiger partial charge in [0.05, 0.1) is 10.9 Å². The Labute approximate surface area is 177 Å². The van der Waals surface area contributed by atoms with Crippen LogP contribution in [0.25, 0.3) is 0 Å². The van der Waals surface area contributed by atoms with E-state index in [0.29, 0.717) is 30.5 Å². The molecule has 3 heterocycles. The maximum atomic E-state index is 13.1. The second kappa shape index (κ2) is 8.20. The molecule has 5 nitrogen and oxygen atoms in total. The van der Waals surface area contributed by atoms with E-state index in [2.05, 4.69) is 19.9 Å². The van der Waals surface area contributed by atoms with Crippen molar-refractivity contribution in [2.45, 2.75) is 44.0 Å². The number of hydrogen-bond donors (Lipinski definition) is 0. The molecule has 0 spiro atoms. The molecule has 2 aromatic rings. The van der Waals surface area contributed by atoms with Crippen LogP contribution < -0.4 is 0 Å². The third-order valence-corrected chi connectivity index (χ3v) is 8.78. The van der Waals surface area contributed by atoms with Crippen LogP contribution >= 0.6 is 11.3 Å². The fourth-order valence-corrected chi connectivity index (χ4v) is 7.23. The number of nitrogens with zero attached hydrogens (tertiary/aromatic N) is 2. The fourth-order valence-electron chi connectivity index (χ4n) is 4.67. The van der Waals surface area contributed by atoms with Crippen molar-refractivity contribution in [1.29, 1.82) is 0 Å². The highest BCUT2D eigenvalue weighted by atomic mass is 32.2. The van der Waals surface area contributed by atoms with Gasteiger partial charge in [-0.2, -0.15) is 4.31 Å². The van der Waals surface area contributed by atoms with Gasteiger partial charge >= 0.3 is 0 Å². The molecular weight excluding hydrogens is 404 g/mol. The van der Waals surface area contributed by atoms with Crippen molar-refractivity contribution in [2.75, 3.05) is 19.6 Å². The number of hydrogen-bond acceptors (Lipinski definition) is 4. The predicted octanol–water partition coefficient (Wildman–Crippen LogP) is 4.39. The SMILES string of the molecule is CC1CC(C)CN(S(=O)(=O)c2ccc(C(=O)N3CCCC3c3cccs3)cc2)C1. The standard InChI is InChI=1S/C22H28N2O3S2/c1-16-13-17(2)15-23(14-16)29(26,27)19-9-7-18(8-10-19)22(25)24-11-3-5-20(24)21-6-4-12-28-21/h4,6-10,12,16-17,20H,3,5,11,13-15H2,1-2H3. The number of piperidine rings is 1. The molecule has 0 aliphatic carbocycles. The molecule has 4 rings (SSSR count). The number of carbonyl (C=O) groups excluding carboxylic acids is 1. The summed E-state index contributed by atoms with van der Waals surface area (Å²) < 4.78 is 27.7. The Morgan fingerprint density at radius 2 is 1.76 bits per heavy atom. The lowest BCUT2D eigenvalue weighted by atomic mass is 9.94. The quantitative estimate of drug-likeness (QED) is 0.720. The first-order chi connectivity index (χ1) is 13.9. The van der Waals surface area contributed by atoms with Crippen molar-refractivity contribution in [3.8, 4) is 0 Å². The second-order valence-corrected chi connectivity index (χ2v) is 11.4. The average molecular weight is 433 g/mol. The van der Waals surface area contributed by atoms with Crippen LogP contribution in [0.15, 0.2) is 46.7 Å². The largest absolute Gasteiger partial charge is 0.331 e. The summed E-state index contributed by atoms with van der Waals surface area (Å²) in [7, 11) is -3.53. The van der Waals surface area contributed by atoms with Crippen LogP contribution in [-0.2, 0) is 10.0 Å². The Hall–Kier alpha value is -1.70. The van der Waals surface area contributed by atoms with Gasteiger partial charge in [0.1, 0.15) is 0 Å². The van der Waals surface area contributed by atoms with Crippen molar-refractivity contribution in [2.24, 2.45) is 11.8 Å². The van der Waals surface area contributed by atoms with E-state index in [1.807, 2.05) is 16.3 Å². The van der Waals surface area contributed by atoms with Gasteiger partial charge in [-0.1, -0.05) is 19.9 Å². The topological polar surface area (TPSA) is 57.7 Å². The van der Waals surface area contributed by atoms with Gasteiger partial charge in [0.25, 0.3) is 5.91 Å². The van der Waals surface area contributed by atoms with Gasteiger partial charge in [-0.15, -0.1) is 11.3 Å². The Morgan fingerprint density at radius 1 is 1.07 bits per heavy atom. The molecule has 3 unspecified atom stereocenters. The van der Waals surface area contributed by atoms with Gasteiger partial charge in [0, 0.05) is 30.1 Å². The number of amides is 1. The van der Waals surface area contributed by atoms with Crippen LogP contribution in [0.2, 0.25) is 0 Å². The first-order valence-electron chi connectivity index (χ1n) is 10.3. The molecule has 2 aliphatic rings. The molecule has 1 aromatic carbocycles. The van der Waals surface area contributed by atoms with Crippen LogP contribution in [0, 0.1) is 11.8 Å². The van der Waals surface area contributed by atoms with Crippen LogP contribution in [-0.4, -0.2) is 43.2 Å². The molecule has 1 aromatic heterocycles. The zero-order valence-electron chi connectivity index (χ0n) is 17.0. The maximum Gasteiger partial charge on any atom is 0.254 e. The van der Waals surface area contributed by atoms with Crippen molar-refractivity contribution in [1.82, 2.24) is 9.21 Å². The molecule has 0 radical (unpaired) electrons. The molecule has 1 amide bonds. The monoisotopic (exact) mass is 432 g/mol. The smallest absolute Gasteiger partial charge is 0.254 e. The third kappa shape index (κ3) is 4.13. The van der Waals surface area contributed by atoms with Crippen LogP contribution in [0.3, 0.4) is 0 Å². The first-order valence-corrected chi connectivity index (χ1v) is 12.6. The van der Waals surface area contributed by atoms with E-state index in [4.69, 9.17) is 0 Å². The van der Waals surface area contributed by atoms with Gasteiger partial charge < -0.3 is 4.90 Å². The molecule has 0 bridgehead atoms. The summed E-state index contributed by atoms with van der Waals surface area (Å²) in [6.45, 7) is 6.05. The van der Waals surface area contributed by atoms with Gasteiger partial charge in [-0.25, -0.2) is 8.42 Å². The number of likely N-dealkylation sites (tertiary alicyclic amines) is 1. The molecule has 7 heteroatoms. The van der Waals surface area contributed by atoms with E-state index in [0.717, 1.165) is 25.8 Å². The second-order valence-electron chi connectivity index (χ2n) is 8.46. The van der Waals surface area contributed by atoms with Crippen molar-refractivity contribution < 1.29 is 13.2 Å². The van der Waals surface area contributed by atoms with Crippen molar-refractivity contribution in [3.05, 3.63) is 52.2 Å². The van der Waals surface area contributed by atoms with Crippen molar-refractivity contribution >= 4 is 27.3 Å². The van der Waals surface area contributed by atoms with Crippen LogP contribution in [0.1, 0.15) is 54.4 Å². The lowest BCUT2D eigenvalue weighted by molar-refractivity contribution is 0.0737. The maximum absolute atomic E-state index is 13.1. The van der Waals surface area contributed by atoms with Crippen molar-refractivity contribution in [3.63, 3.8) is 0 Å². The molecular formula is C22H28N2O3S2. The summed E-state index contributed by atoms with van der Waals surface area (Å²) in [5.41, 5.74) is 0.549. The van der Waals surface area contributed by atoms with Crippen LogP contribution in [0.5, 0.6) is 0 Å². The van der Waals surface area contributed by atoms with Gasteiger partial charge in [-0.3, -0.25) is 4.79 Å².